The van der Waals surface area contributed by atoms with Gasteiger partial charge in [-0.05, 0) is 37.2 Å². The summed E-state index contributed by atoms with van der Waals surface area (Å²) in [6, 6.07) is 7.63. The monoisotopic (exact) mass is 540 g/mol. The maximum atomic E-state index is 12.7. The van der Waals surface area contributed by atoms with Crippen LogP contribution in [0.4, 0.5) is 0 Å². The molecule has 2 unspecified atom stereocenters. The minimum Gasteiger partial charge on any atom is -0.408 e. The molecule has 0 amide bonds. The van der Waals surface area contributed by atoms with Crippen LogP contribution in [0.25, 0.3) is 0 Å². The van der Waals surface area contributed by atoms with Crippen LogP contribution in [0.15, 0.2) is 51.0 Å². The molecule has 1 aromatic carbocycles. The van der Waals surface area contributed by atoms with Crippen LogP contribution in [0.1, 0.15) is 39.0 Å². The molecular weight excluding hydrogens is 504 g/mol. The Labute approximate surface area is 212 Å². The van der Waals surface area contributed by atoms with Crippen LogP contribution >= 0.6 is 0 Å². The number of nitrogens with zero attached hydrogens (tertiary/aromatic N) is 1. The summed E-state index contributed by atoms with van der Waals surface area (Å²) in [5, 5.41) is -0.117. The SMILES string of the molecule is COC1C(O[Si](C)(C)C(C)(C)C)[C@@H](CCOS(=O)(=O)c2ccc(C)cc2)O[C@H]1n1ccc(=O)[nH]c1=O. The Balaban J connectivity index is 1.86. The standard InChI is InChI=1S/C24H36N2O8SSi/c1-16-8-10-17(11-9-16)35(29,30)32-15-13-18-20(34-36(6,7)24(2,3)4)21(31-5)22(33-18)26-14-12-19(27)25-23(26)28/h8-12,14,18,20-22H,13,15H2,1-7H3,(H,25,27,28)/t18-,20?,21?,22-/m1/s1. The lowest BCUT2D eigenvalue weighted by molar-refractivity contribution is -0.0560. The van der Waals surface area contributed by atoms with Crippen molar-refractivity contribution in [3.63, 3.8) is 0 Å². The van der Waals surface area contributed by atoms with Gasteiger partial charge in [0.05, 0.1) is 17.6 Å². The molecular formula is C24H36N2O8SSi. The zero-order valence-corrected chi connectivity index (χ0v) is 23.6. The van der Waals surface area contributed by atoms with Crippen LogP contribution in [-0.2, 0) is 28.2 Å². The third-order valence-corrected chi connectivity index (χ3v) is 12.7. The fraction of sp³-hybridized carbons (Fsp3) is 0.583. The lowest BCUT2D eigenvalue weighted by Gasteiger charge is -2.40. The Hall–Kier alpha value is -2.09. The van der Waals surface area contributed by atoms with Gasteiger partial charge in [0.1, 0.15) is 12.2 Å². The summed E-state index contributed by atoms with van der Waals surface area (Å²) in [6.07, 6.45) is -1.25. The second-order valence-electron chi connectivity index (χ2n) is 10.5. The number of hydrogen-bond acceptors (Lipinski definition) is 8. The number of nitrogens with one attached hydrogen (secondary N) is 1. The highest BCUT2D eigenvalue weighted by Crippen LogP contribution is 2.42. The van der Waals surface area contributed by atoms with Gasteiger partial charge in [-0.2, -0.15) is 8.42 Å². The molecule has 36 heavy (non-hydrogen) atoms. The molecule has 0 spiro atoms. The van der Waals surface area contributed by atoms with Crippen LogP contribution in [-0.4, -0.2) is 58.3 Å². The summed E-state index contributed by atoms with van der Waals surface area (Å²) in [4.78, 5) is 26.4. The van der Waals surface area contributed by atoms with Gasteiger partial charge in [0.2, 0.25) is 0 Å². The van der Waals surface area contributed by atoms with Gasteiger partial charge in [-0.1, -0.05) is 38.5 Å². The third-order valence-electron chi connectivity index (χ3n) is 6.87. The van der Waals surface area contributed by atoms with E-state index in [4.69, 9.17) is 18.1 Å². The third kappa shape index (κ3) is 6.24. The predicted octanol–water partition coefficient (Wildman–Crippen LogP) is 2.94. The van der Waals surface area contributed by atoms with Crippen molar-refractivity contribution in [2.24, 2.45) is 0 Å². The highest BCUT2D eigenvalue weighted by Gasteiger charge is 2.51. The molecule has 1 aliphatic rings. The summed E-state index contributed by atoms with van der Waals surface area (Å²) in [7, 11) is -4.78. The minimum absolute atomic E-state index is 0.0713. The van der Waals surface area contributed by atoms with Gasteiger partial charge in [-0.3, -0.25) is 18.5 Å². The maximum Gasteiger partial charge on any atom is 0.330 e. The lowest BCUT2D eigenvalue weighted by atomic mass is 10.1. The maximum absolute atomic E-state index is 12.7. The van der Waals surface area contributed by atoms with Gasteiger partial charge in [0.15, 0.2) is 14.5 Å². The number of methoxy groups -OCH3 is 1. The molecule has 1 aromatic heterocycles. The first-order valence-electron chi connectivity index (χ1n) is 11.8. The summed E-state index contributed by atoms with van der Waals surface area (Å²) >= 11 is 0. The van der Waals surface area contributed by atoms with Crippen LogP contribution in [0, 0.1) is 6.92 Å². The normalized spacial score (nSPS) is 23.2. The van der Waals surface area contributed by atoms with E-state index in [1.54, 1.807) is 12.1 Å². The van der Waals surface area contributed by atoms with E-state index in [1.165, 1.54) is 36.1 Å². The van der Waals surface area contributed by atoms with E-state index < -0.39 is 54.2 Å². The number of aryl methyl sites for hydroxylation is 1. The molecule has 200 valence electrons. The largest absolute Gasteiger partial charge is 0.408 e. The van der Waals surface area contributed by atoms with E-state index in [-0.39, 0.29) is 23.0 Å². The Bertz CT molecular complexity index is 1260. The lowest BCUT2D eigenvalue weighted by Crippen LogP contribution is -2.50. The quantitative estimate of drug-likeness (QED) is 0.380. The second kappa shape index (κ2) is 10.7. The number of H-pyrrole nitrogens is 1. The minimum atomic E-state index is -3.95. The molecule has 1 saturated heterocycles. The van der Waals surface area contributed by atoms with Gasteiger partial charge in [-0.15, -0.1) is 0 Å². The van der Waals surface area contributed by atoms with Gasteiger partial charge < -0.3 is 13.9 Å². The van der Waals surface area contributed by atoms with Crippen LogP contribution in [0.3, 0.4) is 0 Å². The highest BCUT2D eigenvalue weighted by atomic mass is 32.2. The average molecular weight is 541 g/mol. The van der Waals surface area contributed by atoms with Crippen LogP contribution in [0.2, 0.25) is 18.1 Å². The fourth-order valence-corrected chi connectivity index (χ4v) is 5.99. The van der Waals surface area contributed by atoms with Gasteiger partial charge in [-0.25, -0.2) is 4.79 Å². The average Bonchev–Trinajstić information content (AvgIpc) is 3.09. The number of ether oxygens (including phenoxy) is 2. The van der Waals surface area contributed by atoms with Gasteiger partial charge in [0.25, 0.3) is 15.7 Å². The molecule has 1 aliphatic heterocycles. The number of rotatable bonds is 9. The Morgan fingerprint density at radius 1 is 1.08 bits per heavy atom. The first kappa shape index (κ1) is 28.5. The molecule has 0 aliphatic carbocycles. The van der Waals surface area contributed by atoms with E-state index in [2.05, 4.69) is 38.8 Å². The molecule has 2 heterocycles. The Morgan fingerprint density at radius 2 is 1.72 bits per heavy atom. The molecule has 3 rings (SSSR count). The topological polar surface area (TPSA) is 126 Å². The van der Waals surface area contributed by atoms with Crippen molar-refractivity contribution in [3.8, 4) is 0 Å². The summed E-state index contributed by atoms with van der Waals surface area (Å²) in [6.45, 7) is 12.2. The zero-order chi connectivity index (χ0) is 26.9. The van der Waals surface area contributed by atoms with Crippen molar-refractivity contribution in [2.75, 3.05) is 13.7 Å². The zero-order valence-electron chi connectivity index (χ0n) is 21.8. The predicted molar refractivity (Wildman–Crippen MR) is 137 cm³/mol. The van der Waals surface area contributed by atoms with E-state index in [0.717, 1.165) is 5.56 Å². The van der Waals surface area contributed by atoms with Crippen molar-refractivity contribution in [3.05, 3.63) is 62.9 Å². The second-order valence-corrected chi connectivity index (χ2v) is 16.9. The van der Waals surface area contributed by atoms with E-state index >= 15 is 0 Å². The van der Waals surface area contributed by atoms with E-state index in [0.29, 0.717) is 0 Å². The summed E-state index contributed by atoms with van der Waals surface area (Å²) in [5.41, 5.74) is -0.226. The Kier molecular flexibility index (Phi) is 8.48. The number of aromatic nitrogens is 2. The number of benzene rings is 1. The van der Waals surface area contributed by atoms with Crippen molar-refractivity contribution < 1.29 is 26.5 Å². The summed E-state index contributed by atoms with van der Waals surface area (Å²) < 4.78 is 50.5. The summed E-state index contributed by atoms with van der Waals surface area (Å²) in [5.74, 6) is 0. The molecule has 1 fully saturated rings. The first-order chi connectivity index (χ1) is 16.7. The van der Waals surface area contributed by atoms with Crippen molar-refractivity contribution >= 4 is 18.4 Å². The first-order valence-corrected chi connectivity index (χ1v) is 16.1. The van der Waals surface area contributed by atoms with Crippen molar-refractivity contribution in [2.45, 2.75) is 81.7 Å². The fourth-order valence-electron chi connectivity index (χ4n) is 3.75. The van der Waals surface area contributed by atoms with Crippen LogP contribution in [0.5, 0.6) is 0 Å². The van der Waals surface area contributed by atoms with Crippen molar-refractivity contribution in [1.82, 2.24) is 9.55 Å². The molecule has 0 bridgehead atoms. The molecule has 4 atom stereocenters. The number of aromatic amines is 1. The highest BCUT2D eigenvalue weighted by molar-refractivity contribution is 7.86. The van der Waals surface area contributed by atoms with Gasteiger partial charge >= 0.3 is 5.69 Å². The smallest absolute Gasteiger partial charge is 0.330 e. The molecule has 0 radical (unpaired) electrons. The van der Waals surface area contributed by atoms with Crippen molar-refractivity contribution in [1.29, 1.82) is 0 Å². The van der Waals surface area contributed by atoms with Crippen LogP contribution < -0.4 is 11.2 Å². The molecule has 0 saturated carbocycles. The Morgan fingerprint density at radius 3 is 2.28 bits per heavy atom. The number of hydrogen-bond donors (Lipinski definition) is 1. The van der Waals surface area contributed by atoms with E-state index in [9.17, 15) is 18.0 Å². The molecule has 1 N–H and O–H groups in total. The molecule has 12 heteroatoms. The van der Waals surface area contributed by atoms with E-state index in [1.807, 2.05) is 6.92 Å². The van der Waals surface area contributed by atoms with Gasteiger partial charge in [0, 0.05) is 25.8 Å². The molecule has 2 aromatic rings. The molecule has 10 nitrogen and oxygen atoms in total.